The van der Waals surface area contributed by atoms with E-state index >= 15 is 0 Å². The topological polar surface area (TPSA) is 50.2 Å². The Morgan fingerprint density at radius 2 is 1.94 bits per heavy atom. The minimum absolute atomic E-state index is 0.0330. The molecule has 1 aromatic heterocycles. The van der Waals surface area contributed by atoms with Gasteiger partial charge in [-0.1, -0.05) is 0 Å². The van der Waals surface area contributed by atoms with E-state index in [1.54, 1.807) is 0 Å². The quantitative estimate of drug-likeness (QED) is 0.851. The lowest BCUT2D eigenvalue weighted by molar-refractivity contribution is -0.120. The van der Waals surface area contributed by atoms with Crippen LogP contribution in [0.2, 0.25) is 0 Å². The second-order valence-corrected chi connectivity index (χ2v) is 4.86. The second-order valence-electron chi connectivity index (χ2n) is 4.86. The van der Waals surface area contributed by atoms with Crippen molar-refractivity contribution in [3.63, 3.8) is 0 Å². The molecule has 0 aromatic carbocycles. The Kier molecular flexibility index (Phi) is 2.64. The van der Waals surface area contributed by atoms with Gasteiger partial charge in [0.15, 0.2) is 5.82 Å². The summed E-state index contributed by atoms with van der Waals surface area (Å²) in [6, 6.07) is 0. The van der Waals surface area contributed by atoms with Crippen molar-refractivity contribution < 1.29 is 4.79 Å². The van der Waals surface area contributed by atoms with Crippen LogP contribution in [0.5, 0.6) is 0 Å². The van der Waals surface area contributed by atoms with Gasteiger partial charge in [-0.2, -0.15) is 5.10 Å². The van der Waals surface area contributed by atoms with Crippen molar-refractivity contribution in [3.05, 3.63) is 5.69 Å². The summed E-state index contributed by atoms with van der Waals surface area (Å²) in [7, 11) is 0. The summed E-state index contributed by atoms with van der Waals surface area (Å²) in [5.74, 6) is 1.06. The normalized spacial score (nSPS) is 17.9. The Morgan fingerprint density at radius 3 is 2.47 bits per heavy atom. The predicted molar refractivity (Wildman–Crippen MR) is 68.4 cm³/mol. The Labute approximate surface area is 102 Å². The molecular weight excluding hydrogens is 216 g/mol. The summed E-state index contributed by atoms with van der Waals surface area (Å²) in [5, 5.41) is 7.44. The smallest absolute Gasteiger partial charge is 0.249 e. The Morgan fingerprint density at radius 1 is 1.29 bits per heavy atom. The van der Waals surface area contributed by atoms with E-state index in [1.807, 2.05) is 25.5 Å². The van der Waals surface area contributed by atoms with Gasteiger partial charge in [0.25, 0.3) is 0 Å². The monoisotopic (exact) mass is 236 g/mol. The number of aryl methyl sites for hydroxylation is 2. The first-order valence-electron chi connectivity index (χ1n) is 6.10. The van der Waals surface area contributed by atoms with Crippen molar-refractivity contribution in [2.45, 2.75) is 46.7 Å². The molecule has 17 heavy (non-hydrogen) atoms. The largest absolute Gasteiger partial charge is 0.341 e. The van der Waals surface area contributed by atoms with Crippen LogP contribution in [-0.4, -0.2) is 27.8 Å². The number of likely N-dealkylation sites (N-methyl/N-ethyl adjacent to an activating group) is 1. The summed E-state index contributed by atoms with van der Waals surface area (Å²) >= 11 is 0. The van der Waals surface area contributed by atoms with Crippen LogP contribution >= 0.6 is 0 Å². The Bertz CT molecular complexity index is 461. The van der Waals surface area contributed by atoms with Crippen LogP contribution in [0.4, 0.5) is 11.5 Å². The molecule has 0 bridgehead atoms. The molecule has 1 amide bonds. The summed E-state index contributed by atoms with van der Waals surface area (Å²) < 4.78 is 1.95. The number of hydrogen-bond acceptors (Lipinski definition) is 3. The number of anilines is 2. The van der Waals surface area contributed by atoms with Gasteiger partial charge >= 0.3 is 0 Å². The molecule has 1 aliphatic heterocycles. The molecule has 0 atom stereocenters. The van der Waals surface area contributed by atoms with E-state index in [2.05, 4.69) is 29.2 Å². The maximum atomic E-state index is 12.1. The van der Waals surface area contributed by atoms with Crippen LogP contribution in [0.15, 0.2) is 0 Å². The van der Waals surface area contributed by atoms with E-state index in [-0.39, 0.29) is 5.91 Å². The van der Waals surface area contributed by atoms with Gasteiger partial charge in [0, 0.05) is 13.1 Å². The number of aromatic nitrogens is 2. The molecule has 0 fully saturated rings. The Hall–Kier alpha value is -1.52. The standard InChI is InChI=1S/C12H20N4O/c1-6-15-10-9(8(3)14-16(10)7-2)13-11(17)12(15,4)5/h6-7H2,1-5H3,(H,13,17). The molecule has 1 N–H and O–H groups in total. The summed E-state index contributed by atoms with van der Waals surface area (Å²) in [5.41, 5.74) is 1.21. The highest BCUT2D eigenvalue weighted by Gasteiger charge is 2.42. The predicted octanol–water partition coefficient (Wildman–Crippen LogP) is 1.77. The molecule has 0 unspecified atom stereocenters. The van der Waals surface area contributed by atoms with Crippen molar-refractivity contribution >= 4 is 17.4 Å². The van der Waals surface area contributed by atoms with Crippen molar-refractivity contribution in [1.29, 1.82) is 0 Å². The molecule has 5 heteroatoms. The molecule has 1 aliphatic rings. The van der Waals surface area contributed by atoms with Crippen molar-refractivity contribution in [2.75, 3.05) is 16.8 Å². The Balaban J connectivity index is 2.64. The molecule has 1 aromatic rings. The fourth-order valence-electron chi connectivity index (χ4n) is 2.41. The van der Waals surface area contributed by atoms with E-state index in [9.17, 15) is 4.79 Å². The third-order valence-electron chi connectivity index (χ3n) is 3.44. The van der Waals surface area contributed by atoms with Gasteiger partial charge in [-0.15, -0.1) is 0 Å². The van der Waals surface area contributed by atoms with E-state index < -0.39 is 5.54 Å². The summed E-state index contributed by atoms with van der Waals surface area (Å²) in [4.78, 5) is 14.2. The number of nitrogens with one attached hydrogen (secondary N) is 1. The molecule has 5 nitrogen and oxygen atoms in total. The van der Waals surface area contributed by atoms with Crippen molar-refractivity contribution in [1.82, 2.24) is 9.78 Å². The molecule has 0 radical (unpaired) electrons. The minimum Gasteiger partial charge on any atom is -0.341 e. The van der Waals surface area contributed by atoms with Gasteiger partial charge in [-0.3, -0.25) is 4.79 Å². The number of hydrogen-bond donors (Lipinski definition) is 1. The van der Waals surface area contributed by atoms with Gasteiger partial charge in [0.05, 0.1) is 5.69 Å². The van der Waals surface area contributed by atoms with E-state index in [0.29, 0.717) is 0 Å². The van der Waals surface area contributed by atoms with Crippen LogP contribution in [0.1, 0.15) is 33.4 Å². The van der Waals surface area contributed by atoms with Crippen LogP contribution in [0.3, 0.4) is 0 Å². The van der Waals surface area contributed by atoms with E-state index in [1.165, 1.54) is 0 Å². The molecule has 0 aliphatic carbocycles. The zero-order valence-electron chi connectivity index (χ0n) is 11.2. The van der Waals surface area contributed by atoms with Crippen LogP contribution in [0.25, 0.3) is 0 Å². The van der Waals surface area contributed by atoms with Gasteiger partial charge in [-0.05, 0) is 34.6 Å². The molecule has 0 saturated heterocycles. The molecule has 94 valence electrons. The highest BCUT2D eigenvalue weighted by Crippen LogP contribution is 2.38. The van der Waals surface area contributed by atoms with E-state index in [4.69, 9.17) is 0 Å². The third kappa shape index (κ3) is 1.52. The zero-order chi connectivity index (χ0) is 12.8. The minimum atomic E-state index is -0.527. The van der Waals surface area contributed by atoms with Crippen molar-refractivity contribution in [3.8, 4) is 0 Å². The number of amides is 1. The number of carbonyl (C=O) groups is 1. The highest BCUT2D eigenvalue weighted by molar-refractivity contribution is 6.06. The summed E-state index contributed by atoms with van der Waals surface area (Å²) in [6.07, 6.45) is 0. The highest BCUT2D eigenvalue weighted by atomic mass is 16.2. The number of nitrogens with zero attached hydrogens (tertiary/aromatic N) is 3. The first kappa shape index (κ1) is 12.0. The number of rotatable bonds is 2. The van der Waals surface area contributed by atoms with Crippen molar-refractivity contribution in [2.24, 2.45) is 0 Å². The lowest BCUT2D eigenvalue weighted by Crippen LogP contribution is -2.56. The summed E-state index contributed by atoms with van der Waals surface area (Å²) in [6.45, 7) is 11.5. The average molecular weight is 236 g/mol. The lowest BCUT2D eigenvalue weighted by atomic mass is 9.98. The first-order chi connectivity index (χ1) is 7.93. The number of fused-ring (bicyclic) bond motifs is 1. The molecule has 2 rings (SSSR count). The van der Waals surface area contributed by atoms with Gasteiger partial charge in [-0.25, -0.2) is 4.68 Å². The SMILES string of the molecule is CCN1c2c(c(C)nn2CC)NC(=O)C1(C)C. The maximum Gasteiger partial charge on any atom is 0.249 e. The lowest BCUT2D eigenvalue weighted by Gasteiger charge is -2.42. The molecule has 0 spiro atoms. The van der Waals surface area contributed by atoms with Gasteiger partial charge in [0.1, 0.15) is 11.2 Å². The fraction of sp³-hybridized carbons (Fsp3) is 0.667. The van der Waals surface area contributed by atoms with Gasteiger partial charge < -0.3 is 10.2 Å². The molecular formula is C12H20N4O. The van der Waals surface area contributed by atoms with Gasteiger partial charge in [0.2, 0.25) is 5.91 Å². The molecule has 0 saturated carbocycles. The number of carbonyl (C=O) groups excluding carboxylic acids is 1. The van der Waals surface area contributed by atoms with E-state index in [0.717, 1.165) is 30.3 Å². The zero-order valence-corrected chi connectivity index (χ0v) is 11.2. The fourth-order valence-corrected chi connectivity index (χ4v) is 2.41. The van der Waals surface area contributed by atoms with Crippen LogP contribution < -0.4 is 10.2 Å². The first-order valence-corrected chi connectivity index (χ1v) is 6.10. The third-order valence-corrected chi connectivity index (χ3v) is 3.44. The maximum absolute atomic E-state index is 12.1. The van der Waals surface area contributed by atoms with Crippen LogP contribution in [0, 0.1) is 6.92 Å². The molecule has 2 heterocycles. The second kappa shape index (κ2) is 3.75. The average Bonchev–Trinajstić information content (AvgIpc) is 2.57. The van der Waals surface area contributed by atoms with Crippen LogP contribution in [-0.2, 0) is 11.3 Å².